The summed E-state index contributed by atoms with van der Waals surface area (Å²) in [5.74, 6) is -0.659. The first-order valence-electron chi connectivity index (χ1n) is 16.1. The SMILES string of the molecule is CCCCC=C[SiH]1CCC(C2CCC(c3ccc(-c4ccc(OCCCCCC)c(F)c4F)c(F)c3)CC2)CC1. The van der Waals surface area contributed by atoms with Gasteiger partial charge in [-0.05, 0) is 80.0 Å². The van der Waals surface area contributed by atoms with E-state index in [0.29, 0.717) is 12.5 Å². The van der Waals surface area contributed by atoms with E-state index in [4.69, 9.17) is 4.74 Å². The van der Waals surface area contributed by atoms with E-state index in [-0.39, 0.29) is 16.9 Å². The topological polar surface area (TPSA) is 9.23 Å². The van der Waals surface area contributed by atoms with Crippen LogP contribution in [0.2, 0.25) is 12.1 Å². The number of rotatable bonds is 13. The van der Waals surface area contributed by atoms with Crippen molar-refractivity contribution in [2.75, 3.05) is 6.61 Å². The van der Waals surface area contributed by atoms with Crippen LogP contribution in [0.3, 0.4) is 0 Å². The average molecular weight is 571 g/mol. The lowest BCUT2D eigenvalue weighted by molar-refractivity contribution is 0.216. The van der Waals surface area contributed by atoms with Crippen molar-refractivity contribution in [3.05, 3.63) is 65.1 Å². The van der Waals surface area contributed by atoms with Crippen LogP contribution in [-0.4, -0.2) is 15.4 Å². The van der Waals surface area contributed by atoms with Gasteiger partial charge in [0, 0.05) is 11.1 Å². The van der Waals surface area contributed by atoms with Crippen molar-refractivity contribution in [1.82, 2.24) is 0 Å². The highest BCUT2D eigenvalue weighted by atomic mass is 28.3. The highest BCUT2D eigenvalue weighted by molar-refractivity contribution is 6.64. The Hall–Kier alpha value is -2.01. The summed E-state index contributed by atoms with van der Waals surface area (Å²) < 4.78 is 50.3. The van der Waals surface area contributed by atoms with Gasteiger partial charge in [-0.25, -0.2) is 8.78 Å². The summed E-state index contributed by atoms with van der Waals surface area (Å²) in [5.41, 5.74) is 3.65. The minimum atomic E-state index is -1.05. The molecular formula is C35H49F3OSi. The Balaban J connectivity index is 1.29. The van der Waals surface area contributed by atoms with E-state index in [2.05, 4.69) is 25.6 Å². The molecule has 2 aliphatic rings. The van der Waals surface area contributed by atoms with Gasteiger partial charge in [-0.2, -0.15) is 4.39 Å². The number of halogens is 3. The first kappa shape index (κ1) is 30.9. The standard InChI is InChI=1S/C35H49F3OSi/c1-3-5-7-9-21-39-33-18-17-31(34(37)35(33)38)30-16-15-29(25-32(30)36)27-13-11-26(12-14-27)28-19-23-40(24-20-28)22-10-8-6-4-2/h10,15-18,22,25-28,40H,3-9,11-14,19-21,23-24H2,1-2H3. The van der Waals surface area contributed by atoms with Crippen molar-refractivity contribution in [2.45, 2.75) is 115 Å². The second kappa shape index (κ2) is 15.8. The number of ether oxygens (including phenoxy) is 1. The van der Waals surface area contributed by atoms with Gasteiger partial charge in [-0.15, -0.1) is 5.70 Å². The Morgan fingerprint density at radius 1 is 0.775 bits per heavy atom. The van der Waals surface area contributed by atoms with E-state index in [1.54, 1.807) is 12.1 Å². The summed E-state index contributed by atoms with van der Waals surface area (Å²) in [6.45, 7) is 4.72. The smallest absolute Gasteiger partial charge is 0.201 e. The van der Waals surface area contributed by atoms with Crippen LogP contribution in [0.15, 0.2) is 42.1 Å². The molecule has 0 radical (unpaired) electrons. The predicted octanol–water partition coefficient (Wildman–Crippen LogP) is 10.9. The lowest BCUT2D eigenvalue weighted by Crippen LogP contribution is -2.27. The van der Waals surface area contributed by atoms with Crippen molar-refractivity contribution >= 4 is 8.80 Å². The molecule has 5 heteroatoms. The Labute approximate surface area is 242 Å². The quantitative estimate of drug-likeness (QED) is 0.172. The zero-order chi connectivity index (χ0) is 28.3. The molecule has 2 fully saturated rings. The van der Waals surface area contributed by atoms with Gasteiger partial charge in [0.05, 0.1) is 15.4 Å². The fourth-order valence-electron chi connectivity index (χ4n) is 6.91. The van der Waals surface area contributed by atoms with Crippen LogP contribution in [0.4, 0.5) is 13.2 Å². The molecule has 0 spiro atoms. The lowest BCUT2D eigenvalue weighted by atomic mass is 9.72. The van der Waals surface area contributed by atoms with E-state index in [9.17, 15) is 8.78 Å². The lowest BCUT2D eigenvalue weighted by Gasteiger charge is -2.37. The second-order valence-corrected chi connectivity index (χ2v) is 15.3. The number of hydrogen-bond donors (Lipinski definition) is 0. The maximum atomic E-state index is 15.2. The van der Waals surface area contributed by atoms with Crippen LogP contribution in [0, 0.1) is 29.3 Å². The summed E-state index contributed by atoms with van der Waals surface area (Å²) in [7, 11) is -0.659. The van der Waals surface area contributed by atoms with Gasteiger partial charge in [0.1, 0.15) is 5.82 Å². The van der Waals surface area contributed by atoms with E-state index in [0.717, 1.165) is 55.9 Å². The third-order valence-electron chi connectivity index (χ3n) is 9.44. The molecule has 0 amide bonds. The molecule has 0 aromatic heterocycles. The molecule has 1 nitrogen and oxygen atoms in total. The van der Waals surface area contributed by atoms with Gasteiger partial charge in [-0.3, -0.25) is 0 Å². The molecule has 2 aromatic rings. The number of allylic oxidation sites excluding steroid dienone is 1. The maximum Gasteiger partial charge on any atom is 0.201 e. The fourth-order valence-corrected chi connectivity index (χ4v) is 9.87. The van der Waals surface area contributed by atoms with Crippen molar-refractivity contribution in [3.8, 4) is 16.9 Å². The Bertz CT molecular complexity index is 1080. The molecule has 1 aliphatic carbocycles. The molecular weight excluding hydrogens is 521 g/mol. The molecule has 1 heterocycles. The Morgan fingerprint density at radius 3 is 2.17 bits per heavy atom. The summed E-state index contributed by atoms with van der Waals surface area (Å²) >= 11 is 0. The average Bonchev–Trinajstić information content (AvgIpc) is 2.98. The van der Waals surface area contributed by atoms with Crippen LogP contribution in [0.5, 0.6) is 5.75 Å². The second-order valence-electron chi connectivity index (χ2n) is 12.2. The molecule has 0 bridgehead atoms. The fraction of sp³-hybridized carbons (Fsp3) is 0.600. The van der Waals surface area contributed by atoms with Gasteiger partial charge in [-0.1, -0.05) is 89.1 Å². The third-order valence-corrected chi connectivity index (χ3v) is 12.4. The van der Waals surface area contributed by atoms with Gasteiger partial charge in [0.15, 0.2) is 11.6 Å². The summed E-state index contributed by atoms with van der Waals surface area (Å²) in [4.78, 5) is 0. The number of benzene rings is 2. The molecule has 0 atom stereocenters. The van der Waals surface area contributed by atoms with E-state index < -0.39 is 26.2 Å². The van der Waals surface area contributed by atoms with Crippen LogP contribution in [0.25, 0.3) is 11.1 Å². The van der Waals surface area contributed by atoms with Crippen molar-refractivity contribution < 1.29 is 17.9 Å². The van der Waals surface area contributed by atoms with E-state index >= 15 is 4.39 Å². The summed E-state index contributed by atoms with van der Waals surface area (Å²) in [6, 6.07) is 10.9. The van der Waals surface area contributed by atoms with Crippen LogP contribution >= 0.6 is 0 Å². The van der Waals surface area contributed by atoms with Gasteiger partial charge in [0.25, 0.3) is 0 Å². The van der Waals surface area contributed by atoms with E-state index in [1.165, 1.54) is 69.2 Å². The van der Waals surface area contributed by atoms with Gasteiger partial charge in [0.2, 0.25) is 5.82 Å². The molecule has 2 aromatic carbocycles. The minimum Gasteiger partial charge on any atom is -0.490 e. The van der Waals surface area contributed by atoms with E-state index in [1.807, 2.05) is 6.07 Å². The monoisotopic (exact) mass is 570 g/mol. The summed E-state index contributed by atoms with van der Waals surface area (Å²) in [6.07, 6.45) is 17.7. The zero-order valence-corrected chi connectivity index (χ0v) is 25.9. The normalized spacial score (nSPS) is 23.5. The van der Waals surface area contributed by atoms with Gasteiger partial charge >= 0.3 is 0 Å². The maximum absolute atomic E-state index is 15.2. The number of unbranched alkanes of at least 4 members (excludes halogenated alkanes) is 5. The van der Waals surface area contributed by atoms with Crippen molar-refractivity contribution in [1.29, 1.82) is 0 Å². The minimum absolute atomic E-state index is 0.0528. The molecule has 0 unspecified atom stereocenters. The Morgan fingerprint density at radius 2 is 1.48 bits per heavy atom. The van der Waals surface area contributed by atoms with Crippen LogP contribution < -0.4 is 4.74 Å². The molecule has 1 saturated carbocycles. The molecule has 1 aliphatic heterocycles. The zero-order valence-electron chi connectivity index (χ0n) is 24.7. The van der Waals surface area contributed by atoms with Crippen molar-refractivity contribution in [3.63, 3.8) is 0 Å². The van der Waals surface area contributed by atoms with Crippen LogP contribution in [-0.2, 0) is 0 Å². The first-order valence-corrected chi connectivity index (χ1v) is 18.4. The number of hydrogen-bond acceptors (Lipinski definition) is 1. The highest BCUT2D eigenvalue weighted by Gasteiger charge is 2.31. The largest absolute Gasteiger partial charge is 0.490 e. The molecule has 4 rings (SSSR count). The summed E-state index contributed by atoms with van der Waals surface area (Å²) in [5, 5.41) is 0. The molecule has 220 valence electrons. The predicted molar refractivity (Wildman–Crippen MR) is 164 cm³/mol. The van der Waals surface area contributed by atoms with Gasteiger partial charge < -0.3 is 4.74 Å². The Kier molecular flexibility index (Phi) is 12.3. The van der Waals surface area contributed by atoms with Crippen molar-refractivity contribution in [2.24, 2.45) is 11.8 Å². The molecule has 40 heavy (non-hydrogen) atoms. The highest BCUT2D eigenvalue weighted by Crippen LogP contribution is 2.44. The molecule has 1 saturated heterocycles. The third kappa shape index (κ3) is 8.27. The first-order chi connectivity index (χ1) is 19.5. The molecule has 0 N–H and O–H groups in total. The van der Waals surface area contributed by atoms with Crippen LogP contribution in [0.1, 0.15) is 109 Å².